The van der Waals surface area contributed by atoms with Crippen molar-refractivity contribution in [3.63, 3.8) is 0 Å². The molecule has 152 valence electrons. The SMILES string of the molecule is CN(c1c(C#N)cnc2[nH]ccc12)C1C=C2CN(C(=O)NCC(F)(F)F)CC2C1. The predicted molar refractivity (Wildman–Crippen MR) is 100 cm³/mol. The summed E-state index contributed by atoms with van der Waals surface area (Å²) in [6.07, 6.45) is 1.68. The highest BCUT2D eigenvalue weighted by atomic mass is 19.4. The number of pyridine rings is 1. The number of aromatic amines is 1. The highest BCUT2D eigenvalue weighted by molar-refractivity contribution is 5.93. The lowest BCUT2D eigenvalue weighted by Crippen LogP contribution is -2.43. The van der Waals surface area contributed by atoms with Gasteiger partial charge in [0.05, 0.1) is 11.3 Å². The summed E-state index contributed by atoms with van der Waals surface area (Å²) in [7, 11) is 1.92. The molecule has 2 aromatic heterocycles. The van der Waals surface area contributed by atoms with E-state index in [4.69, 9.17) is 0 Å². The van der Waals surface area contributed by atoms with Gasteiger partial charge in [0.25, 0.3) is 0 Å². The average Bonchev–Trinajstić information content (AvgIpc) is 3.37. The van der Waals surface area contributed by atoms with Crippen molar-refractivity contribution in [1.29, 1.82) is 5.26 Å². The number of halogens is 3. The number of anilines is 1. The number of fused-ring (bicyclic) bond motifs is 2. The van der Waals surface area contributed by atoms with Crippen LogP contribution in [0.4, 0.5) is 23.7 Å². The Hall–Kier alpha value is -3.22. The number of likely N-dealkylation sites (tertiary alicyclic amines) is 1. The Bertz CT molecular complexity index is 1020. The fraction of sp³-hybridized carbons (Fsp3) is 0.421. The smallest absolute Gasteiger partial charge is 0.366 e. The Morgan fingerprint density at radius 1 is 1.52 bits per heavy atom. The molecule has 7 nitrogen and oxygen atoms in total. The largest absolute Gasteiger partial charge is 0.405 e. The van der Waals surface area contributed by atoms with Gasteiger partial charge in [-0.1, -0.05) is 6.08 Å². The van der Waals surface area contributed by atoms with E-state index in [0.717, 1.165) is 23.1 Å². The predicted octanol–water partition coefficient (Wildman–Crippen LogP) is 2.77. The molecule has 1 aliphatic heterocycles. The highest BCUT2D eigenvalue weighted by Crippen LogP contribution is 2.38. The van der Waals surface area contributed by atoms with Crippen LogP contribution in [0.2, 0.25) is 0 Å². The molecule has 4 rings (SSSR count). The number of alkyl halides is 3. The van der Waals surface area contributed by atoms with Crippen molar-refractivity contribution in [3.05, 3.63) is 35.7 Å². The molecule has 0 bridgehead atoms. The maximum Gasteiger partial charge on any atom is 0.405 e. The number of hydrogen-bond donors (Lipinski definition) is 2. The molecule has 0 radical (unpaired) electrons. The topological polar surface area (TPSA) is 88.1 Å². The summed E-state index contributed by atoms with van der Waals surface area (Å²) in [4.78, 5) is 22.7. The Labute approximate surface area is 164 Å². The number of nitriles is 1. The van der Waals surface area contributed by atoms with Crippen LogP contribution in [-0.2, 0) is 0 Å². The zero-order chi connectivity index (χ0) is 20.8. The minimum Gasteiger partial charge on any atom is -0.366 e. The van der Waals surface area contributed by atoms with Crippen LogP contribution >= 0.6 is 0 Å². The summed E-state index contributed by atoms with van der Waals surface area (Å²) in [6, 6.07) is 3.40. The molecule has 0 spiro atoms. The van der Waals surface area contributed by atoms with Crippen LogP contribution in [0.15, 0.2) is 30.1 Å². The first-order valence-electron chi connectivity index (χ1n) is 9.16. The third-order valence-corrected chi connectivity index (χ3v) is 5.53. The Kier molecular flexibility index (Phi) is 4.61. The number of rotatable bonds is 3. The molecule has 1 aliphatic carbocycles. The number of nitrogens with zero attached hydrogens (tertiary/aromatic N) is 4. The van der Waals surface area contributed by atoms with Gasteiger partial charge in [-0.2, -0.15) is 18.4 Å². The molecule has 2 N–H and O–H groups in total. The van der Waals surface area contributed by atoms with Crippen LogP contribution in [-0.4, -0.2) is 59.8 Å². The number of carbonyl (C=O) groups is 1. The zero-order valence-electron chi connectivity index (χ0n) is 15.6. The van der Waals surface area contributed by atoms with Crippen LogP contribution in [0.1, 0.15) is 12.0 Å². The van der Waals surface area contributed by atoms with Gasteiger partial charge in [0.1, 0.15) is 18.3 Å². The number of likely N-dealkylation sites (N-methyl/N-ethyl adjacent to an activating group) is 1. The van der Waals surface area contributed by atoms with Crippen molar-refractivity contribution in [2.75, 3.05) is 31.6 Å². The number of H-pyrrole nitrogens is 1. The fourth-order valence-electron chi connectivity index (χ4n) is 4.15. The van der Waals surface area contributed by atoms with E-state index in [1.54, 1.807) is 12.4 Å². The first kappa shape index (κ1) is 19.1. The van der Waals surface area contributed by atoms with Crippen LogP contribution in [0.3, 0.4) is 0 Å². The quantitative estimate of drug-likeness (QED) is 0.770. The van der Waals surface area contributed by atoms with Crippen molar-refractivity contribution in [2.45, 2.75) is 18.6 Å². The Morgan fingerprint density at radius 2 is 2.31 bits per heavy atom. The molecule has 1 saturated heterocycles. The molecule has 0 saturated carbocycles. The van der Waals surface area contributed by atoms with E-state index < -0.39 is 18.8 Å². The monoisotopic (exact) mass is 404 g/mol. The second kappa shape index (κ2) is 6.99. The molecule has 2 unspecified atom stereocenters. The van der Waals surface area contributed by atoms with E-state index in [1.165, 1.54) is 4.90 Å². The van der Waals surface area contributed by atoms with Crippen LogP contribution in [0, 0.1) is 17.2 Å². The van der Waals surface area contributed by atoms with E-state index in [2.05, 4.69) is 22.1 Å². The van der Waals surface area contributed by atoms with Gasteiger partial charge in [-0.05, 0) is 18.1 Å². The lowest BCUT2D eigenvalue weighted by molar-refractivity contribution is -0.123. The number of nitrogens with one attached hydrogen (secondary N) is 2. The second-order valence-corrected chi connectivity index (χ2v) is 7.38. The first-order valence-corrected chi connectivity index (χ1v) is 9.16. The molecule has 1 fully saturated rings. The van der Waals surface area contributed by atoms with Crippen molar-refractivity contribution in [1.82, 2.24) is 20.2 Å². The molecule has 10 heteroatoms. The van der Waals surface area contributed by atoms with Gasteiger partial charge >= 0.3 is 12.2 Å². The van der Waals surface area contributed by atoms with Gasteiger partial charge in [0.2, 0.25) is 0 Å². The van der Waals surface area contributed by atoms with Gasteiger partial charge in [-0.15, -0.1) is 0 Å². The Morgan fingerprint density at radius 3 is 3.00 bits per heavy atom. The van der Waals surface area contributed by atoms with E-state index in [0.29, 0.717) is 24.3 Å². The Balaban J connectivity index is 1.49. The number of hydrogen-bond acceptors (Lipinski definition) is 4. The van der Waals surface area contributed by atoms with Crippen LogP contribution in [0.25, 0.3) is 11.0 Å². The molecule has 2 atom stereocenters. The minimum atomic E-state index is -4.43. The first-order chi connectivity index (χ1) is 13.8. The van der Waals surface area contributed by atoms with E-state index in [1.807, 2.05) is 23.3 Å². The van der Waals surface area contributed by atoms with Gasteiger partial charge in [0.15, 0.2) is 0 Å². The van der Waals surface area contributed by atoms with E-state index >= 15 is 0 Å². The van der Waals surface area contributed by atoms with Gasteiger partial charge in [0, 0.05) is 49.9 Å². The molecule has 29 heavy (non-hydrogen) atoms. The van der Waals surface area contributed by atoms with Gasteiger partial charge < -0.3 is 20.1 Å². The van der Waals surface area contributed by atoms with Crippen LogP contribution in [0.5, 0.6) is 0 Å². The summed E-state index contributed by atoms with van der Waals surface area (Å²) in [5, 5.41) is 12.3. The fourth-order valence-corrected chi connectivity index (χ4v) is 4.15. The number of carbonyl (C=O) groups excluding carboxylic acids is 1. The molecule has 2 aliphatic rings. The average molecular weight is 404 g/mol. The molecule has 2 amide bonds. The van der Waals surface area contributed by atoms with Crippen molar-refractivity contribution >= 4 is 22.8 Å². The minimum absolute atomic E-state index is 0.0305. The summed E-state index contributed by atoms with van der Waals surface area (Å²) in [5.41, 5.74) is 3.01. The van der Waals surface area contributed by atoms with E-state index in [-0.39, 0.29) is 12.0 Å². The van der Waals surface area contributed by atoms with Crippen molar-refractivity contribution in [3.8, 4) is 6.07 Å². The van der Waals surface area contributed by atoms with Crippen molar-refractivity contribution < 1.29 is 18.0 Å². The second-order valence-electron chi connectivity index (χ2n) is 7.38. The lowest BCUT2D eigenvalue weighted by Gasteiger charge is -2.28. The maximum absolute atomic E-state index is 12.3. The lowest BCUT2D eigenvalue weighted by atomic mass is 10.0. The molecule has 2 aromatic rings. The van der Waals surface area contributed by atoms with Crippen LogP contribution < -0.4 is 10.2 Å². The number of amides is 2. The third kappa shape index (κ3) is 3.60. The normalized spacial score (nSPS) is 21.1. The highest BCUT2D eigenvalue weighted by Gasteiger charge is 2.39. The number of urea groups is 1. The number of aromatic nitrogens is 2. The third-order valence-electron chi connectivity index (χ3n) is 5.53. The summed E-state index contributed by atoms with van der Waals surface area (Å²) < 4.78 is 36.9. The molecule has 0 aromatic carbocycles. The molecule has 3 heterocycles. The summed E-state index contributed by atoms with van der Waals surface area (Å²) in [6.45, 7) is -0.621. The summed E-state index contributed by atoms with van der Waals surface area (Å²) in [5.74, 6) is 0.105. The molecular formula is C19H19F3N6O. The zero-order valence-corrected chi connectivity index (χ0v) is 15.6. The van der Waals surface area contributed by atoms with E-state index in [9.17, 15) is 23.2 Å². The standard InChI is InChI=1S/C19H19F3N6O/c1-27(16-13(6-23)7-25-17-15(16)2-3-24-17)14-4-11-8-28(9-12(11)5-14)18(29)26-10-19(20,21)22/h2-4,7,12,14H,5,8-10H2,1H3,(H,24,25)(H,26,29). The van der Waals surface area contributed by atoms with Gasteiger partial charge in [-0.3, -0.25) is 0 Å². The summed E-state index contributed by atoms with van der Waals surface area (Å²) >= 11 is 0. The van der Waals surface area contributed by atoms with Crippen molar-refractivity contribution in [2.24, 2.45) is 5.92 Å². The molecular weight excluding hydrogens is 385 g/mol. The maximum atomic E-state index is 12.3. The van der Waals surface area contributed by atoms with Gasteiger partial charge in [-0.25, -0.2) is 9.78 Å².